The van der Waals surface area contributed by atoms with E-state index in [4.69, 9.17) is 9.47 Å². The van der Waals surface area contributed by atoms with Crippen molar-refractivity contribution < 1.29 is 14.3 Å². The number of carbonyl (C=O) groups excluding carboxylic acids is 1. The Morgan fingerprint density at radius 3 is 2.28 bits per heavy atom. The molecule has 0 saturated carbocycles. The molecular formula is C25H21NO3. The van der Waals surface area contributed by atoms with Gasteiger partial charge in [0.05, 0.1) is 0 Å². The van der Waals surface area contributed by atoms with Crippen molar-refractivity contribution in [3.63, 3.8) is 0 Å². The standard InChI is InChI=1S/C25H21NO3/c27-25(18-29-24-12-6-10-20-9-4-5-11-23(20)24)26-21-13-15-22(16-14-21)28-17-19-7-2-1-3-8-19/h1-16H,17-18H2,(H,26,27). The van der Waals surface area contributed by atoms with Crippen molar-refractivity contribution >= 4 is 22.4 Å². The predicted octanol–water partition coefficient (Wildman–Crippen LogP) is 5.44. The van der Waals surface area contributed by atoms with Crippen molar-refractivity contribution in [1.82, 2.24) is 0 Å². The molecule has 4 heteroatoms. The molecule has 4 aromatic rings. The third kappa shape index (κ3) is 4.93. The molecule has 0 unspecified atom stereocenters. The summed E-state index contributed by atoms with van der Waals surface area (Å²) >= 11 is 0. The average Bonchev–Trinajstić information content (AvgIpc) is 2.78. The smallest absolute Gasteiger partial charge is 0.262 e. The van der Waals surface area contributed by atoms with Gasteiger partial charge in [-0.1, -0.05) is 66.7 Å². The molecule has 4 aromatic carbocycles. The summed E-state index contributed by atoms with van der Waals surface area (Å²) in [6.07, 6.45) is 0. The van der Waals surface area contributed by atoms with E-state index in [0.717, 1.165) is 22.1 Å². The van der Waals surface area contributed by atoms with Crippen LogP contribution in [0.25, 0.3) is 10.8 Å². The van der Waals surface area contributed by atoms with E-state index >= 15 is 0 Å². The van der Waals surface area contributed by atoms with Crippen LogP contribution in [0.2, 0.25) is 0 Å². The number of hydrogen-bond donors (Lipinski definition) is 1. The summed E-state index contributed by atoms with van der Waals surface area (Å²) in [5, 5.41) is 4.91. The van der Waals surface area contributed by atoms with Gasteiger partial charge in [0, 0.05) is 11.1 Å². The van der Waals surface area contributed by atoms with Gasteiger partial charge < -0.3 is 14.8 Å². The number of benzene rings is 4. The van der Waals surface area contributed by atoms with Crippen LogP contribution in [0.1, 0.15) is 5.56 Å². The van der Waals surface area contributed by atoms with E-state index in [0.29, 0.717) is 18.0 Å². The van der Waals surface area contributed by atoms with Crippen LogP contribution in [0.3, 0.4) is 0 Å². The molecule has 0 radical (unpaired) electrons. The number of ether oxygens (including phenoxy) is 2. The van der Waals surface area contributed by atoms with Gasteiger partial charge in [0.2, 0.25) is 0 Å². The number of fused-ring (bicyclic) bond motifs is 1. The highest BCUT2D eigenvalue weighted by Gasteiger charge is 2.07. The van der Waals surface area contributed by atoms with E-state index in [1.807, 2.05) is 97.1 Å². The summed E-state index contributed by atoms with van der Waals surface area (Å²) in [6.45, 7) is 0.450. The number of hydrogen-bond acceptors (Lipinski definition) is 3. The van der Waals surface area contributed by atoms with Crippen molar-refractivity contribution in [2.24, 2.45) is 0 Å². The topological polar surface area (TPSA) is 47.6 Å². The number of nitrogens with one attached hydrogen (secondary N) is 1. The van der Waals surface area contributed by atoms with Crippen molar-refractivity contribution in [2.75, 3.05) is 11.9 Å². The van der Waals surface area contributed by atoms with Crippen LogP contribution < -0.4 is 14.8 Å². The van der Waals surface area contributed by atoms with Crippen molar-refractivity contribution in [3.8, 4) is 11.5 Å². The van der Waals surface area contributed by atoms with Gasteiger partial charge >= 0.3 is 0 Å². The van der Waals surface area contributed by atoms with Gasteiger partial charge in [-0.15, -0.1) is 0 Å². The summed E-state index contributed by atoms with van der Waals surface area (Å²) in [7, 11) is 0. The highest BCUT2D eigenvalue weighted by molar-refractivity contribution is 5.93. The maximum Gasteiger partial charge on any atom is 0.262 e. The van der Waals surface area contributed by atoms with Crippen LogP contribution in [-0.4, -0.2) is 12.5 Å². The highest BCUT2D eigenvalue weighted by Crippen LogP contribution is 2.25. The number of anilines is 1. The lowest BCUT2D eigenvalue weighted by Gasteiger charge is -2.11. The summed E-state index contributed by atoms with van der Waals surface area (Å²) in [6, 6.07) is 31.0. The second-order valence-corrected chi connectivity index (χ2v) is 6.61. The van der Waals surface area contributed by atoms with Crippen LogP contribution in [0.15, 0.2) is 97.1 Å². The van der Waals surface area contributed by atoms with E-state index in [-0.39, 0.29) is 12.5 Å². The minimum Gasteiger partial charge on any atom is -0.489 e. The Hall–Kier alpha value is -3.79. The minimum absolute atomic E-state index is 0.0553. The van der Waals surface area contributed by atoms with E-state index in [1.54, 1.807) is 0 Å². The zero-order valence-corrected chi connectivity index (χ0v) is 15.9. The molecule has 0 atom stereocenters. The highest BCUT2D eigenvalue weighted by atomic mass is 16.5. The van der Waals surface area contributed by atoms with Crippen LogP contribution in [-0.2, 0) is 11.4 Å². The first-order chi connectivity index (χ1) is 14.3. The Labute approximate surface area is 169 Å². The molecule has 29 heavy (non-hydrogen) atoms. The molecule has 0 heterocycles. The first-order valence-corrected chi connectivity index (χ1v) is 9.45. The predicted molar refractivity (Wildman–Crippen MR) is 115 cm³/mol. The van der Waals surface area contributed by atoms with Gasteiger partial charge in [-0.3, -0.25) is 4.79 Å². The molecule has 0 aliphatic heterocycles. The molecule has 0 bridgehead atoms. The van der Waals surface area contributed by atoms with Gasteiger partial charge in [-0.2, -0.15) is 0 Å². The Bertz CT molecular complexity index is 1090. The lowest BCUT2D eigenvalue weighted by Crippen LogP contribution is -2.20. The molecule has 0 saturated heterocycles. The summed E-state index contributed by atoms with van der Waals surface area (Å²) in [4.78, 5) is 12.3. The monoisotopic (exact) mass is 383 g/mol. The van der Waals surface area contributed by atoms with Crippen molar-refractivity contribution in [2.45, 2.75) is 6.61 Å². The molecule has 0 fully saturated rings. The molecule has 144 valence electrons. The molecule has 0 aliphatic carbocycles. The van der Waals surface area contributed by atoms with Gasteiger partial charge in [0.15, 0.2) is 6.61 Å². The Morgan fingerprint density at radius 2 is 1.45 bits per heavy atom. The Morgan fingerprint density at radius 1 is 0.724 bits per heavy atom. The van der Waals surface area contributed by atoms with Gasteiger partial charge in [-0.05, 0) is 41.3 Å². The maximum absolute atomic E-state index is 12.3. The quantitative estimate of drug-likeness (QED) is 0.462. The van der Waals surface area contributed by atoms with E-state index in [9.17, 15) is 4.79 Å². The number of carbonyl (C=O) groups is 1. The van der Waals surface area contributed by atoms with E-state index in [1.165, 1.54) is 0 Å². The summed E-state index contributed by atoms with van der Waals surface area (Å²) in [5.41, 5.74) is 1.80. The molecular weight excluding hydrogens is 362 g/mol. The second kappa shape index (κ2) is 8.93. The first-order valence-electron chi connectivity index (χ1n) is 9.45. The normalized spacial score (nSPS) is 10.5. The third-order valence-electron chi connectivity index (χ3n) is 4.49. The molecule has 0 aromatic heterocycles. The van der Waals surface area contributed by atoms with Crippen molar-refractivity contribution in [3.05, 3.63) is 103 Å². The fraction of sp³-hybridized carbons (Fsp3) is 0.0800. The third-order valence-corrected chi connectivity index (χ3v) is 4.49. The fourth-order valence-electron chi connectivity index (χ4n) is 3.04. The fourth-order valence-corrected chi connectivity index (χ4v) is 3.04. The Kier molecular flexibility index (Phi) is 5.72. The van der Waals surface area contributed by atoms with Gasteiger partial charge in [0.25, 0.3) is 5.91 Å². The maximum atomic E-state index is 12.3. The van der Waals surface area contributed by atoms with Crippen LogP contribution >= 0.6 is 0 Å². The van der Waals surface area contributed by atoms with Crippen LogP contribution in [0, 0.1) is 0 Å². The first kappa shape index (κ1) is 18.6. The van der Waals surface area contributed by atoms with Gasteiger partial charge in [0.1, 0.15) is 18.1 Å². The Balaban J connectivity index is 1.30. The zero-order valence-electron chi connectivity index (χ0n) is 15.9. The minimum atomic E-state index is -0.212. The summed E-state index contributed by atoms with van der Waals surface area (Å²) < 4.78 is 11.5. The molecule has 4 nitrogen and oxygen atoms in total. The molecule has 0 aliphatic rings. The second-order valence-electron chi connectivity index (χ2n) is 6.61. The van der Waals surface area contributed by atoms with Crippen molar-refractivity contribution in [1.29, 1.82) is 0 Å². The zero-order chi connectivity index (χ0) is 19.9. The average molecular weight is 383 g/mol. The SMILES string of the molecule is O=C(COc1cccc2ccccc12)Nc1ccc(OCc2ccccc2)cc1. The van der Waals surface area contributed by atoms with E-state index in [2.05, 4.69) is 5.32 Å². The van der Waals surface area contributed by atoms with Gasteiger partial charge in [-0.25, -0.2) is 0 Å². The number of amides is 1. The summed E-state index contributed by atoms with van der Waals surface area (Å²) in [5.74, 6) is 1.23. The lowest BCUT2D eigenvalue weighted by molar-refractivity contribution is -0.118. The van der Waals surface area contributed by atoms with Crippen LogP contribution in [0.5, 0.6) is 11.5 Å². The lowest BCUT2D eigenvalue weighted by atomic mass is 10.1. The number of rotatable bonds is 7. The van der Waals surface area contributed by atoms with Crippen LogP contribution in [0.4, 0.5) is 5.69 Å². The largest absolute Gasteiger partial charge is 0.489 e. The molecule has 1 N–H and O–H groups in total. The molecule has 1 amide bonds. The molecule has 0 spiro atoms. The van der Waals surface area contributed by atoms with E-state index < -0.39 is 0 Å². The molecule has 4 rings (SSSR count).